The zero-order valence-electron chi connectivity index (χ0n) is 17.8. The van der Waals surface area contributed by atoms with Gasteiger partial charge in [0.25, 0.3) is 0 Å². The average molecular weight is 416 g/mol. The Kier molecular flexibility index (Phi) is 7.33. The highest BCUT2D eigenvalue weighted by molar-refractivity contribution is 5.86. The number of piperidine rings is 1. The van der Waals surface area contributed by atoms with E-state index in [-0.39, 0.29) is 24.4 Å². The molecule has 1 aromatic heterocycles. The molecule has 0 aliphatic carbocycles. The minimum Gasteiger partial charge on any atom is -0.396 e. The third-order valence-corrected chi connectivity index (χ3v) is 5.03. The minimum absolute atomic E-state index is 0.0551. The van der Waals surface area contributed by atoms with E-state index >= 15 is 0 Å². The second kappa shape index (κ2) is 9.95. The molecule has 8 heteroatoms. The summed E-state index contributed by atoms with van der Waals surface area (Å²) < 4.78 is 19.7. The Labute approximate surface area is 176 Å². The lowest BCUT2D eigenvalue weighted by atomic mass is 9.97. The van der Waals surface area contributed by atoms with Gasteiger partial charge in [-0.2, -0.15) is 0 Å². The van der Waals surface area contributed by atoms with E-state index in [2.05, 4.69) is 20.0 Å². The van der Waals surface area contributed by atoms with Crippen LogP contribution in [0.25, 0.3) is 11.1 Å². The number of aliphatic hydroxyl groups excluding tert-OH is 1. The van der Waals surface area contributed by atoms with Gasteiger partial charge in [-0.05, 0) is 0 Å². The van der Waals surface area contributed by atoms with Crippen LogP contribution in [-0.2, 0) is 16.2 Å². The highest BCUT2D eigenvalue weighted by atomic mass is 19.1. The first-order valence-electron chi connectivity index (χ1n) is 10.1. The van der Waals surface area contributed by atoms with Crippen LogP contribution in [-0.4, -0.2) is 54.2 Å². The van der Waals surface area contributed by atoms with Crippen LogP contribution in [0.4, 0.5) is 10.3 Å². The average Bonchev–Trinajstić information content (AvgIpc) is 2.76. The fourth-order valence-corrected chi connectivity index (χ4v) is 3.09. The molecule has 162 valence electrons. The zero-order chi connectivity index (χ0) is 21.6. The topological polar surface area (TPSA) is 80.1 Å². The van der Waals surface area contributed by atoms with E-state index in [0.29, 0.717) is 29.2 Å². The first-order valence-corrected chi connectivity index (χ1v) is 10.1. The van der Waals surface area contributed by atoms with Crippen LogP contribution < -0.4 is 4.90 Å². The normalized spacial score (nSPS) is 14.7. The lowest BCUT2D eigenvalue weighted by Crippen LogP contribution is -2.35. The highest BCUT2D eigenvalue weighted by Crippen LogP contribution is 2.25. The lowest BCUT2D eigenvalue weighted by molar-refractivity contribution is 0.0306. The molecule has 1 aliphatic rings. The van der Waals surface area contributed by atoms with Crippen LogP contribution >= 0.6 is 0 Å². The van der Waals surface area contributed by atoms with Gasteiger partial charge in [0.2, 0.25) is 5.95 Å². The molecule has 1 aliphatic heterocycles. The van der Waals surface area contributed by atoms with E-state index in [0.717, 1.165) is 31.6 Å². The van der Waals surface area contributed by atoms with Crippen molar-refractivity contribution in [2.75, 3.05) is 38.3 Å². The summed E-state index contributed by atoms with van der Waals surface area (Å²) in [5, 5.41) is 13.5. The Balaban J connectivity index is 1.60. The van der Waals surface area contributed by atoms with Gasteiger partial charge in [-0.3, -0.25) is 0 Å². The SMILES string of the molecule is COCc1cccc(-c2cnc(N3CCC(=NOCC(C)(C)CO)CC3)nc2)c1F. The fraction of sp³-hybridized carbons (Fsp3) is 0.500. The monoisotopic (exact) mass is 416 g/mol. The number of aromatic nitrogens is 2. The van der Waals surface area contributed by atoms with Crippen LogP contribution in [0.5, 0.6) is 0 Å². The number of methoxy groups -OCH3 is 1. The molecule has 0 radical (unpaired) electrons. The number of benzene rings is 1. The maximum atomic E-state index is 14.7. The standard InChI is InChI=1S/C22H29FN4O3/c1-22(2,14-28)15-30-26-18-7-9-27(10-8-18)21-24-11-17(12-25-21)19-6-4-5-16(13-29-3)20(19)23/h4-6,11-12,28H,7-10,13-15H2,1-3H3. The van der Waals surface area contributed by atoms with Crippen molar-refractivity contribution in [2.45, 2.75) is 33.3 Å². The van der Waals surface area contributed by atoms with Crippen molar-refractivity contribution in [1.82, 2.24) is 9.97 Å². The van der Waals surface area contributed by atoms with E-state index in [1.807, 2.05) is 13.8 Å². The zero-order valence-corrected chi connectivity index (χ0v) is 17.8. The summed E-state index contributed by atoms with van der Waals surface area (Å²) in [5.74, 6) is 0.312. The summed E-state index contributed by atoms with van der Waals surface area (Å²) in [7, 11) is 1.54. The number of hydrogen-bond donors (Lipinski definition) is 1. The van der Waals surface area contributed by atoms with Crippen molar-refractivity contribution in [1.29, 1.82) is 0 Å². The molecule has 2 heterocycles. The van der Waals surface area contributed by atoms with E-state index in [9.17, 15) is 9.50 Å². The van der Waals surface area contributed by atoms with E-state index in [4.69, 9.17) is 9.57 Å². The Morgan fingerprint density at radius 3 is 2.53 bits per heavy atom. The molecule has 3 rings (SSSR count). The number of rotatable bonds is 8. The van der Waals surface area contributed by atoms with Gasteiger partial charge in [-0.1, -0.05) is 37.2 Å². The fourth-order valence-electron chi connectivity index (χ4n) is 3.09. The molecule has 30 heavy (non-hydrogen) atoms. The van der Waals surface area contributed by atoms with Crippen molar-refractivity contribution in [3.63, 3.8) is 0 Å². The van der Waals surface area contributed by atoms with Gasteiger partial charge in [0, 0.05) is 67.5 Å². The van der Waals surface area contributed by atoms with Gasteiger partial charge >= 0.3 is 0 Å². The van der Waals surface area contributed by atoms with Gasteiger partial charge in [0.05, 0.1) is 18.9 Å². The van der Waals surface area contributed by atoms with Gasteiger partial charge in [0.15, 0.2) is 0 Å². The van der Waals surface area contributed by atoms with Crippen molar-refractivity contribution in [3.05, 3.63) is 42.0 Å². The molecule has 1 N–H and O–H groups in total. The number of nitrogens with zero attached hydrogens (tertiary/aromatic N) is 4. The molecular weight excluding hydrogens is 387 g/mol. The molecule has 0 spiro atoms. The van der Waals surface area contributed by atoms with E-state index in [1.165, 1.54) is 0 Å². The first kappa shape index (κ1) is 22.1. The van der Waals surface area contributed by atoms with Crippen molar-refractivity contribution < 1.29 is 19.1 Å². The number of hydrogen-bond acceptors (Lipinski definition) is 7. The molecular formula is C22H29FN4O3. The Bertz CT molecular complexity index is 861. The van der Waals surface area contributed by atoms with E-state index in [1.54, 1.807) is 37.7 Å². The predicted molar refractivity (Wildman–Crippen MR) is 114 cm³/mol. The molecule has 2 aromatic rings. The molecule has 7 nitrogen and oxygen atoms in total. The van der Waals surface area contributed by atoms with Crippen LogP contribution in [0.15, 0.2) is 35.7 Å². The maximum Gasteiger partial charge on any atom is 0.225 e. The molecule has 0 bridgehead atoms. The number of anilines is 1. The quantitative estimate of drug-likeness (QED) is 0.664. The van der Waals surface area contributed by atoms with Gasteiger partial charge in [-0.25, -0.2) is 14.4 Å². The third kappa shape index (κ3) is 5.52. The van der Waals surface area contributed by atoms with Crippen LogP contribution in [0.1, 0.15) is 32.3 Å². The summed E-state index contributed by atoms with van der Waals surface area (Å²) in [6.45, 7) is 5.98. The van der Waals surface area contributed by atoms with Crippen LogP contribution in [0.3, 0.4) is 0 Å². The molecule has 1 saturated heterocycles. The Hall–Kier alpha value is -2.58. The smallest absolute Gasteiger partial charge is 0.225 e. The van der Waals surface area contributed by atoms with Gasteiger partial charge in [-0.15, -0.1) is 0 Å². The Morgan fingerprint density at radius 2 is 1.90 bits per heavy atom. The van der Waals surface area contributed by atoms with Crippen molar-refractivity contribution in [3.8, 4) is 11.1 Å². The molecule has 0 amide bonds. The Morgan fingerprint density at radius 1 is 1.20 bits per heavy atom. The van der Waals surface area contributed by atoms with Crippen molar-refractivity contribution in [2.24, 2.45) is 10.6 Å². The summed E-state index contributed by atoms with van der Waals surface area (Å²) in [6.07, 6.45) is 4.83. The summed E-state index contributed by atoms with van der Waals surface area (Å²) in [5.41, 5.74) is 2.30. The number of aliphatic hydroxyl groups is 1. The molecule has 1 aromatic carbocycles. The molecule has 1 fully saturated rings. The summed E-state index contributed by atoms with van der Waals surface area (Å²) in [4.78, 5) is 16.4. The van der Waals surface area contributed by atoms with Crippen LogP contribution in [0, 0.1) is 11.2 Å². The number of ether oxygens (including phenoxy) is 1. The second-order valence-electron chi connectivity index (χ2n) is 8.22. The summed E-state index contributed by atoms with van der Waals surface area (Å²) >= 11 is 0. The van der Waals surface area contributed by atoms with Gasteiger partial charge in [0.1, 0.15) is 12.4 Å². The predicted octanol–water partition coefficient (Wildman–Crippen LogP) is 3.42. The van der Waals surface area contributed by atoms with Crippen LogP contribution in [0.2, 0.25) is 0 Å². The van der Waals surface area contributed by atoms with Crippen molar-refractivity contribution >= 4 is 11.7 Å². The largest absolute Gasteiger partial charge is 0.396 e. The highest BCUT2D eigenvalue weighted by Gasteiger charge is 2.20. The minimum atomic E-state index is -0.307. The first-order chi connectivity index (χ1) is 14.4. The van der Waals surface area contributed by atoms with E-state index < -0.39 is 0 Å². The lowest BCUT2D eigenvalue weighted by Gasteiger charge is -2.27. The number of oxime groups is 1. The number of halogens is 1. The van der Waals surface area contributed by atoms with Gasteiger partial charge < -0.3 is 19.6 Å². The third-order valence-electron chi connectivity index (χ3n) is 5.03. The molecule has 0 unspecified atom stereocenters. The second-order valence-corrected chi connectivity index (χ2v) is 8.22. The molecule has 0 atom stereocenters. The summed E-state index contributed by atoms with van der Waals surface area (Å²) in [6, 6.07) is 5.23. The molecule has 0 saturated carbocycles. The maximum absolute atomic E-state index is 14.7.